The quantitative estimate of drug-likeness (QED) is 0.191. The van der Waals surface area contributed by atoms with E-state index in [0.717, 1.165) is 83.1 Å². The number of hydrogen-bond acceptors (Lipinski definition) is 4. The molecular formula is C46H35N3O. The van der Waals surface area contributed by atoms with Crippen LogP contribution in [0.2, 0.25) is 0 Å². The molecule has 4 nitrogen and oxygen atoms in total. The van der Waals surface area contributed by atoms with E-state index in [9.17, 15) is 0 Å². The van der Waals surface area contributed by atoms with E-state index in [-0.39, 0.29) is 0 Å². The zero-order valence-electron chi connectivity index (χ0n) is 27.8. The molecule has 0 aliphatic heterocycles. The SMILES string of the molecule is C1=Cc2oc3c(-c4ccc5c(c4)C=CCC5)ccc(-c4nc(C5=CCC6C=Cc7ccccc7C6=C5)nc(-c5ccccc5)n4)c3c2CCC1. The van der Waals surface area contributed by atoms with Crippen LogP contribution in [0.15, 0.2) is 120 Å². The molecule has 4 aromatic carbocycles. The van der Waals surface area contributed by atoms with Gasteiger partial charge in [0, 0.05) is 39.1 Å². The molecule has 6 aromatic rings. The molecule has 0 amide bonds. The average molecular weight is 646 g/mol. The molecule has 4 heteroatoms. The number of hydrogen-bond donors (Lipinski definition) is 0. The van der Waals surface area contributed by atoms with Crippen molar-refractivity contribution in [2.45, 2.75) is 38.5 Å². The fraction of sp³-hybridized carbons (Fsp3) is 0.152. The number of aryl methyl sites for hydroxylation is 2. The van der Waals surface area contributed by atoms with Gasteiger partial charge in [0.1, 0.15) is 11.3 Å². The van der Waals surface area contributed by atoms with Crippen molar-refractivity contribution in [2.24, 2.45) is 5.92 Å². The van der Waals surface area contributed by atoms with Gasteiger partial charge < -0.3 is 4.42 Å². The van der Waals surface area contributed by atoms with Crippen molar-refractivity contribution in [3.63, 3.8) is 0 Å². The molecule has 240 valence electrons. The zero-order valence-corrected chi connectivity index (χ0v) is 27.8. The Balaban J connectivity index is 1.18. The van der Waals surface area contributed by atoms with E-state index in [0.29, 0.717) is 23.4 Å². The maximum atomic E-state index is 6.81. The summed E-state index contributed by atoms with van der Waals surface area (Å²) in [6.07, 6.45) is 24.2. The van der Waals surface area contributed by atoms with Gasteiger partial charge in [-0.3, -0.25) is 0 Å². The lowest BCUT2D eigenvalue weighted by Crippen LogP contribution is -2.10. The monoisotopic (exact) mass is 645 g/mol. The second kappa shape index (κ2) is 11.9. The second-order valence-corrected chi connectivity index (χ2v) is 13.7. The first kappa shape index (κ1) is 29.1. The highest BCUT2D eigenvalue weighted by Gasteiger charge is 2.26. The lowest BCUT2D eigenvalue weighted by molar-refractivity contribution is 0.600. The maximum absolute atomic E-state index is 6.81. The van der Waals surface area contributed by atoms with Crippen molar-refractivity contribution in [1.82, 2.24) is 15.0 Å². The molecule has 1 atom stereocenters. The summed E-state index contributed by atoms with van der Waals surface area (Å²) < 4.78 is 6.81. The summed E-state index contributed by atoms with van der Waals surface area (Å²) in [7, 11) is 0. The van der Waals surface area contributed by atoms with E-state index < -0.39 is 0 Å². The minimum Gasteiger partial charge on any atom is -0.456 e. The van der Waals surface area contributed by atoms with Gasteiger partial charge in [0.05, 0.1) is 0 Å². The Kier molecular flexibility index (Phi) is 6.93. The van der Waals surface area contributed by atoms with Gasteiger partial charge in [-0.1, -0.05) is 103 Å². The van der Waals surface area contributed by atoms with Crippen LogP contribution in [-0.2, 0) is 12.8 Å². The van der Waals surface area contributed by atoms with E-state index >= 15 is 0 Å². The fourth-order valence-electron chi connectivity index (χ4n) is 8.06. The average Bonchev–Trinajstić information content (AvgIpc) is 3.39. The highest BCUT2D eigenvalue weighted by atomic mass is 16.3. The normalized spacial score (nSPS) is 17.3. The Labute approximate surface area is 292 Å². The molecule has 0 radical (unpaired) electrons. The van der Waals surface area contributed by atoms with Crippen molar-refractivity contribution >= 4 is 40.3 Å². The van der Waals surface area contributed by atoms with Crippen LogP contribution < -0.4 is 0 Å². The highest BCUT2D eigenvalue weighted by molar-refractivity contribution is 6.05. The molecule has 50 heavy (non-hydrogen) atoms. The van der Waals surface area contributed by atoms with E-state index in [4.69, 9.17) is 19.4 Å². The summed E-state index contributed by atoms with van der Waals surface area (Å²) in [4.78, 5) is 15.6. The molecule has 0 spiro atoms. The molecule has 0 saturated carbocycles. The van der Waals surface area contributed by atoms with Crippen molar-refractivity contribution in [1.29, 1.82) is 0 Å². The smallest absolute Gasteiger partial charge is 0.164 e. The van der Waals surface area contributed by atoms with Gasteiger partial charge in [0.25, 0.3) is 0 Å². The zero-order chi connectivity index (χ0) is 33.0. The lowest BCUT2D eigenvalue weighted by atomic mass is 9.79. The number of allylic oxidation sites excluding steroid dienone is 7. The topological polar surface area (TPSA) is 51.8 Å². The fourth-order valence-corrected chi connectivity index (χ4v) is 8.06. The molecule has 2 aromatic heterocycles. The number of furan rings is 1. The van der Waals surface area contributed by atoms with Crippen LogP contribution in [0.25, 0.3) is 74.2 Å². The van der Waals surface area contributed by atoms with Gasteiger partial charge in [0.2, 0.25) is 0 Å². The van der Waals surface area contributed by atoms with Crippen LogP contribution in [0.5, 0.6) is 0 Å². The third kappa shape index (κ3) is 4.94. The first-order valence-corrected chi connectivity index (χ1v) is 17.8. The lowest BCUT2D eigenvalue weighted by Gasteiger charge is -2.26. The number of benzene rings is 4. The van der Waals surface area contributed by atoms with Gasteiger partial charge in [-0.25, -0.2) is 15.0 Å². The van der Waals surface area contributed by atoms with E-state index in [1.807, 2.05) is 18.2 Å². The minimum atomic E-state index is 0.351. The van der Waals surface area contributed by atoms with Crippen LogP contribution in [0.3, 0.4) is 0 Å². The van der Waals surface area contributed by atoms with Gasteiger partial charge in [-0.05, 0) is 102 Å². The van der Waals surface area contributed by atoms with Gasteiger partial charge in [-0.2, -0.15) is 0 Å². The standard InChI is InChI=1S/C46H35N3O/c1-3-13-32(14-4-1)44-47-45(35-24-22-31-21-20-30-12-9-10-16-36(30)40(31)28-35)49-46(48-44)39-26-25-37(34-23-19-29-11-7-8-15-33(29)27-34)43-42(39)38-17-5-2-6-18-41(38)50-43/h1,3-4,6,8-10,12-16,18-21,23-28,31H,2,5,7,11,17,22H2. The molecule has 0 fully saturated rings. The second-order valence-electron chi connectivity index (χ2n) is 13.7. The maximum Gasteiger partial charge on any atom is 0.164 e. The summed E-state index contributed by atoms with van der Waals surface area (Å²) in [6, 6.07) is 30.2. The number of nitrogens with zero attached hydrogens (tertiary/aromatic N) is 3. The van der Waals surface area contributed by atoms with Crippen LogP contribution in [0, 0.1) is 5.92 Å². The van der Waals surface area contributed by atoms with E-state index in [2.05, 4.69) is 115 Å². The van der Waals surface area contributed by atoms with Crippen LogP contribution in [-0.4, -0.2) is 15.0 Å². The predicted molar refractivity (Wildman–Crippen MR) is 205 cm³/mol. The molecule has 4 aliphatic carbocycles. The highest BCUT2D eigenvalue weighted by Crippen LogP contribution is 2.44. The van der Waals surface area contributed by atoms with Crippen molar-refractivity contribution in [3.8, 4) is 33.9 Å². The van der Waals surface area contributed by atoms with Crippen molar-refractivity contribution < 1.29 is 4.42 Å². The molecule has 1 unspecified atom stereocenters. The summed E-state index contributed by atoms with van der Waals surface area (Å²) >= 11 is 0. The molecule has 0 bridgehead atoms. The van der Waals surface area contributed by atoms with Gasteiger partial charge in [0.15, 0.2) is 17.5 Å². The Morgan fingerprint density at radius 2 is 1.48 bits per heavy atom. The summed E-state index contributed by atoms with van der Waals surface area (Å²) in [6.45, 7) is 0. The Morgan fingerprint density at radius 1 is 0.640 bits per heavy atom. The number of fused-ring (bicyclic) bond motifs is 7. The first-order chi connectivity index (χ1) is 24.8. The van der Waals surface area contributed by atoms with Gasteiger partial charge in [-0.15, -0.1) is 0 Å². The Hall–Kier alpha value is -5.87. The minimum absolute atomic E-state index is 0.351. The van der Waals surface area contributed by atoms with Crippen LogP contribution in [0.4, 0.5) is 0 Å². The summed E-state index contributed by atoms with van der Waals surface area (Å²) in [5, 5.41) is 1.11. The largest absolute Gasteiger partial charge is 0.456 e. The van der Waals surface area contributed by atoms with E-state index in [1.165, 1.54) is 33.4 Å². The van der Waals surface area contributed by atoms with Crippen molar-refractivity contribution in [3.05, 3.63) is 155 Å². The van der Waals surface area contributed by atoms with E-state index in [1.54, 1.807) is 0 Å². The molecule has 0 N–H and O–H groups in total. The molecule has 2 heterocycles. The summed E-state index contributed by atoms with van der Waals surface area (Å²) in [5.74, 6) is 3.32. The van der Waals surface area contributed by atoms with Crippen LogP contribution in [0.1, 0.15) is 65.1 Å². The third-order valence-corrected chi connectivity index (χ3v) is 10.6. The van der Waals surface area contributed by atoms with Crippen molar-refractivity contribution in [2.75, 3.05) is 0 Å². The molecule has 4 aliphatic rings. The summed E-state index contributed by atoms with van der Waals surface area (Å²) in [5.41, 5.74) is 13.9. The third-order valence-electron chi connectivity index (χ3n) is 10.6. The number of aromatic nitrogens is 3. The first-order valence-electron chi connectivity index (χ1n) is 17.8. The Bertz CT molecular complexity index is 2490. The molecule has 0 saturated heterocycles. The van der Waals surface area contributed by atoms with Gasteiger partial charge >= 0.3 is 0 Å². The molecular weight excluding hydrogens is 611 g/mol. The molecule has 10 rings (SSSR count). The Morgan fingerprint density at radius 3 is 2.44 bits per heavy atom. The van der Waals surface area contributed by atoms with Crippen LogP contribution >= 0.6 is 0 Å². The predicted octanol–water partition coefficient (Wildman–Crippen LogP) is 11.4. The number of rotatable bonds is 4.